The number of hydrogen-bond donors (Lipinski definition) is 2. The number of alkyl halides is 3. The second-order valence-corrected chi connectivity index (χ2v) is 14.2. The molecule has 260 valence electrons. The van der Waals surface area contributed by atoms with Crippen LogP contribution in [-0.2, 0) is 11.2 Å². The molecule has 1 unspecified atom stereocenters. The third-order valence-corrected chi connectivity index (χ3v) is 11.3. The number of phenolic OH excluding ortho intramolecular Hbond substituents is 1. The highest BCUT2D eigenvalue weighted by atomic mass is 19.4. The maximum atomic E-state index is 17.1. The lowest BCUT2D eigenvalue weighted by Crippen LogP contribution is -2.58. The third-order valence-electron chi connectivity index (χ3n) is 11.3. The Kier molecular flexibility index (Phi) is 7.18. The fourth-order valence-corrected chi connectivity index (χ4v) is 9.30. The molecule has 5 atom stereocenters. The van der Waals surface area contributed by atoms with Crippen molar-refractivity contribution in [2.24, 2.45) is 0 Å². The Bertz CT molecular complexity index is 2110. The molecule has 5 aliphatic heterocycles. The van der Waals surface area contributed by atoms with Crippen LogP contribution in [0.3, 0.4) is 0 Å². The fourth-order valence-electron chi connectivity index (χ4n) is 9.30. The van der Waals surface area contributed by atoms with Crippen LogP contribution in [0.4, 0.5) is 27.8 Å². The maximum absolute atomic E-state index is 17.1. The summed E-state index contributed by atoms with van der Waals surface area (Å²) in [7, 11) is 0. The Labute approximate surface area is 283 Å². The molecule has 2 N–H and O–H groups in total. The van der Waals surface area contributed by atoms with Crippen LogP contribution in [0.1, 0.15) is 49.8 Å². The molecule has 9 nitrogen and oxygen atoms in total. The lowest BCUT2D eigenvalue weighted by molar-refractivity contribution is -0.340. The van der Waals surface area contributed by atoms with E-state index >= 15 is 8.78 Å². The topological polar surface area (TPSA) is 95.9 Å². The second-order valence-electron chi connectivity index (χ2n) is 14.2. The molecule has 7 heterocycles. The lowest BCUT2D eigenvalue weighted by Gasteiger charge is -2.41. The molecule has 0 radical (unpaired) electrons. The van der Waals surface area contributed by atoms with E-state index in [0.29, 0.717) is 54.6 Å². The fraction of sp³-hybridized carbons (Fsp3) is 0.472. The molecule has 14 heteroatoms. The smallest absolute Gasteiger partial charge is 0.508 e. The van der Waals surface area contributed by atoms with Crippen LogP contribution in [0, 0.1) is 24.0 Å². The van der Waals surface area contributed by atoms with E-state index in [-0.39, 0.29) is 77.2 Å². The molecule has 0 aliphatic carbocycles. The number of benzene rings is 2. The van der Waals surface area contributed by atoms with Crippen molar-refractivity contribution in [2.45, 2.75) is 81.1 Å². The summed E-state index contributed by atoms with van der Waals surface area (Å²) in [6.07, 6.45) is 4.67. The largest absolute Gasteiger partial charge is 0.522 e. The number of ether oxygens (including phenoxy) is 2. The first-order chi connectivity index (χ1) is 24.0. The van der Waals surface area contributed by atoms with Crippen LogP contribution in [0.15, 0.2) is 24.3 Å². The van der Waals surface area contributed by atoms with Gasteiger partial charge in [0.2, 0.25) is 0 Å². The molecule has 0 spiro atoms. The van der Waals surface area contributed by atoms with Gasteiger partial charge in [0.25, 0.3) is 0 Å². The van der Waals surface area contributed by atoms with Gasteiger partial charge < -0.3 is 20.1 Å². The number of fused-ring (bicyclic) bond motifs is 7. The summed E-state index contributed by atoms with van der Waals surface area (Å²) in [6, 6.07) is 5.80. The van der Waals surface area contributed by atoms with Crippen LogP contribution >= 0.6 is 0 Å². The minimum Gasteiger partial charge on any atom is -0.508 e. The molecule has 5 aliphatic rings. The molecule has 2 aromatic carbocycles. The van der Waals surface area contributed by atoms with E-state index in [2.05, 4.69) is 25.9 Å². The van der Waals surface area contributed by atoms with Crippen LogP contribution in [0.25, 0.3) is 32.9 Å². The van der Waals surface area contributed by atoms with E-state index in [4.69, 9.17) is 21.1 Å². The molecule has 9 rings (SSSR count). The highest BCUT2D eigenvalue weighted by Crippen LogP contribution is 2.45. The minimum atomic E-state index is -4.75. The number of piperazine rings is 1. The minimum absolute atomic E-state index is 0.000314. The van der Waals surface area contributed by atoms with Crippen molar-refractivity contribution in [2.75, 3.05) is 31.1 Å². The molecule has 2 aromatic heterocycles. The van der Waals surface area contributed by atoms with Crippen molar-refractivity contribution in [3.05, 3.63) is 47.2 Å². The zero-order chi connectivity index (χ0) is 34.5. The van der Waals surface area contributed by atoms with Crippen LogP contribution in [-0.4, -0.2) is 87.3 Å². The predicted octanol–water partition coefficient (Wildman–Crippen LogP) is 5.59. The Balaban J connectivity index is 1.19. The second kappa shape index (κ2) is 11.3. The first-order valence-corrected chi connectivity index (χ1v) is 17.0. The number of anilines is 1. The molecule has 4 aromatic rings. The number of phenols is 1. The normalized spacial score (nSPS) is 27.4. The van der Waals surface area contributed by atoms with Crippen molar-refractivity contribution in [1.82, 2.24) is 25.2 Å². The maximum Gasteiger partial charge on any atom is 0.522 e. The number of nitrogens with one attached hydrogen (secondary N) is 1. The molecule has 4 fully saturated rings. The van der Waals surface area contributed by atoms with Gasteiger partial charge in [-0.1, -0.05) is 12.0 Å². The number of aryl methyl sites for hydroxylation is 1. The van der Waals surface area contributed by atoms with Crippen molar-refractivity contribution < 1.29 is 36.5 Å². The SMILES string of the molecule is C#Cc1c(F)ccc2cc(O)cc(-c3nc4c5c(nc(OCC67CCCN6C[C@H](OC(F)(F)F)C7)nc5c3F)N3C[C@H]5CC[C@H](N5)[C@H]3CC4)c12. The molecule has 0 saturated carbocycles. The van der Waals surface area contributed by atoms with Crippen LogP contribution in [0.5, 0.6) is 11.8 Å². The van der Waals surface area contributed by atoms with Crippen LogP contribution < -0.4 is 15.0 Å². The molecule has 4 saturated heterocycles. The standard InChI is InChI=1S/C36H33F5N6O3/c1-2-22-24(37)6-4-18-12-20(48)13-23(28(18)22)31-30(38)32-29-26(43-31)8-9-27-25-7-5-19(42-25)15-47(27)33(29)45-34(44-32)49-17-35-10-3-11-46(35)16-21(14-35)50-36(39,40)41/h1,4,6,12-13,19,21,25,27,42,48H,3,5,7-11,14-17H2/t19-,21-,25+,27-,35?/m1/s1. The highest BCUT2D eigenvalue weighted by molar-refractivity contribution is 6.03. The number of aromatic hydroxyl groups is 1. The van der Waals surface area contributed by atoms with E-state index in [0.717, 1.165) is 19.3 Å². The predicted molar refractivity (Wildman–Crippen MR) is 174 cm³/mol. The number of pyridine rings is 1. The summed E-state index contributed by atoms with van der Waals surface area (Å²) in [5, 5.41) is 15.5. The number of nitrogens with zero attached hydrogens (tertiary/aromatic N) is 5. The Hall–Kier alpha value is -4.32. The molecular formula is C36H33F5N6O3. The first kappa shape index (κ1) is 31.6. The van der Waals surface area contributed by atoms with Crippen molar-refractivity contribution in [3.8, 4) is 35.4 Å². The summed E-state index contributed by atoms with van der Waals surface area (Å²) < 4.78 is 82.2. The van der Waals surface area contributed by atoms with Gasteiger partial charge in [-0.3, -0.25) is 9.64 Å². The molecule has 0 amide bonds. The lowest BCUT2D eigenvalue weighted by atomic mass is 9.94. The van der Waals surface area contributed by atoms with E-state index < -0.39 is 29.6 Å². The summed E-state index contributed by atoms with van der Waals surface area (Å²) >= 11 is 0. The Morgan fingerprint density at radius 1 is 1.08 bits per heavy atom. The quantitative estimate of drug-likeness (QED) is 0.205. The average Bonchev–Trinajstić information content (AvgIpc) is 3.71. The van der Waals surface area contributed by atoms with Gasteiger partial charge in [0.05, 0.1) is 28.3 Å². The van der Waals surface area contributed by atoms with E-state index in [1.54, 1.807) is 0 Å². The van der Waals surface area contributed by atoms with E-state index in [1.165, 1.54) is 24.3 Å². The van der Waals surface area contributed by atoms with Crippen molar-refractivity contribution in [1.29, 1.82) is 0 Å². The summed E-state index contributed by atoms with van der Waals surface area (Å²) in [4.78, 5) is 18.5. The van der Waals surface area contributed by atoms with E-state index in [9.17, 15) is 18.3 Å². The zero-order valence-electron chi connectivity index (χ0n) is 26.9. The Morgan fingerprint density at radius 2 is 1.94 bits per heavy atom. The average molecular weight is 693 g/mol. The van der Waals surface area contributed by atoms with Crippen molar-refractivity contribution >= 4 is 27.5 Å². The number of terminal acetylenes is 1. The van der Waals surface area contributed by atoms with E-state index in [1.807, 2.05) is 4.90 Å². The van der Waals surface area contributed by atoms with Gasteiger partial charge in [-0.2, -0.15) is 9.97 Å². The molecule has 2 bridgehead atoms. The third kappa shape index (κ3) is 5.04. The van der Waals surface area contributed by atoms with Gasteiger partial charge in [0, 0.05) is 42.2 Å². The summed E-state index contributed by atoms with van der Waals surface area (Å²) in [5.41, 5.74) is -0.299. The van der Waals surface area contributed by atoms with Gasteiger partial charge >= 0.3 is 12.4 Å². The molecular weight excluding hydrogens is 659 g/mol. The van der Waals surface area contributed by atoms with Gasteiger partial charge in [-0.25, -0.2) is 13.8 Å². The van der Waals surface area contributed by atoms with Crippen molar-refractivity contribution in [3.63, 3.8) is 0 Å². The summed E-state index contributed by atoms with van der Waals surface area (Å²) in [5.74, 6) is 1.22. The highest BCUT2D eigenvalue weighted by Gasteiger charge is 2.52. The Morgan fingerprint density at radius 3 is 2.76 bits per heavy atom. The first-order valence-electron chi connectivity index (χ1n) is 17.0. The van der Waals surface area contributed by atoms with Gasteiger partial charge in [0.15, 0.2) is 5.82 Å². The van der Waals surface area contributed by atoms with Gasteiger partial charge in [-0.15, -0.1) is 19.6 Å². The number of halogens is 5. The monoisotopic (exact) mass is 692 g/mol. The summed E-state index contributed by atoms with van der Waals surface area (Å²) in [6.45, 7) is 1.39. The number of rotatable bonds is 5. The van der Waals surface area contributed by atoms with Crippen LogP contribution in [0.2, 0.25) is 0 Å². The zero-order valence-corrected chi connectivity index (χ0v) is 26.9. The molecule has 50 heavy (non-hydrogen) atoms. The number of hydrogen-bond acceptors (Lipinski definition) is 9. The van der Waals surface area contributed by atoms with Gasteiger partial charge in [-0.05, 0) is 75.1 Å². The number of aromatic nitrogens is 3. The van der Waals surface area contributed by atoms with Gasteiger partial charge in [0.1, 0.15) is 35.2 Å².